The van der Waals surface area contributed by atoms with Crippen LogP contribution in [0.1, 0.15) is 5.56 Å². The molecule has 0 radical (unpaired) electrons. The standard InChI is InChI=1S/C10H10/c1-2-3-7-10-8-5-4-6-9-10/h3-6,8-9H,1,7H2. The molecule has 0 heterocycles. The highest BCUT2D eigenvalue weighted by molar-refractivity contribution is 5.17. The maximum Gasteiger partial charge on any atom is -0.00215 e. The predicted molar refractivity (Wildman–Crippen MR) is 43.9 cm³/mol. The first-order chi connectivity index (χ1) is 4.93. The van der Waals surface area contributed by atoms with Crippen LogP contribution in [0.25, 0.3) is 0 Å². The molecule has 0 bridgehead atoms. The van der Waals surface area contributed by atoms with Crippen molar-refractivity contribution in [1.29, 1.82) is 0 Å². The highest BCUT2D eigenvalue weighted by atomic mass is 13.9. The summed E-state index contributed by atoms with van der Waals surface area (Å²) in [7, 11) is 0. The van der Waals surface area contributed by atoms with E-state index in [4.69, 9.17) is 0 Å². The molecule has 0 spiro atoms. The molecular formula is C10H10. The third-order valence-electron chi connectivity index (χ3n) is 1.32. The van der Waals surface area contributed by atoms with Gasteiger partial charge in [-0.25, -0.2) is 0 Å². The molecule has 50 valence electrons. The normalized spacial score (nSPS) is 8.40. The van der Waals surface area contributed by atoms with Crippen LogP contribution in [0.3, 0.4) is 0 Å². The Kier molecular flexibility index (Phi) is 2.54. The lowest BCUT2D eigenvalue weighted by Gasteiger charge is -1.91. The highest BCUT2D eigenvalue weighted by Gasteiger charge is 1.82. The summed E-state index contributed by atoms with van der Waals surface area (Å²) in [6.07, 6.45) is 2.86. The zero-order valence-corrected chi connectivity index (χ0v) is 5.88. The fraction of sp³-hybridized carbons (Fsp3) is 0.100. The minimum Gasteiger partial charge on any atom is -0.133 e. The Balaban J connectivity index is 2.67. The van der Waals surface area contributed by atoms with Crippen molar-refractivity contribution in [2.75, 3.05) is 0 Å². The first-order valence-electron chi connectivity index (χ1n) is 3.31. The zero-order chi connectivity index (χ0) is 7.23. The molecule has 0 saturated carbocycles. The van der Waals surface area contributed by atoms with E-state index in [0.717, 1.165) is 6.42 Å². The molecule has 1 rings (SSSR count). The third-order valence-corrected chi connectivity index (χ3v) is 1.32. The molecule has 0 aromatic heterocycles. The monoisotopic (exact) mass is 130 g/mol. The summed E-state index contributed by atoms with van der Waals surface area (Å²) >= 11 is 0. The first-order valence-corrected chi connectivity index (χ1v) is 3.31. The smallest absolute Gasteiger partial charge is 0.00215 e. The topological polar surface area (TPSA) is 0 Å². The Hall–Kier alpha value is -1.26. The summed E-state index contributed by atoms with van der Waals surface area (Å²) in [5, 5.41) is 0. The third kappa shape index (κ3) is 1.93. The van der Waals surface area contributed by atoms with E-state index in [1.165, 1.54) is 5.56 Å². The molecule has 0 nitrogen and oxygen atoms in total. The van der Waals surface area contributed by atoms with E-state index >= 15 is 0 Å². The largest absolute Gasteiger partial charge is 0.133 e. The van der Waals surface area contributed by atoms with Crippen molar-refractivity contribution in [3.05, 3.63) is 54.3 Å². The van der Waals surface area contributed by atoms with Crippen molar-refractivity contribution >= 4 is 0 Å². The van der Waals surface area contributed by atoms with Gasteiger partial charge in [-0.2, -0.15) is 0 Å². The van der Waals surface area contributed by atoms with E-state index < -0.39 is 0 Å². The van der Waals surface area contributed by atoms with E-state index in [1.54, 1.807) is 0 Å². The van der Waals surface area contributed by atoms with E-state index in [1.807, 2.05) is 24.3 Å². The van der Waals surface area contributed by atoms with Crippen LogP contribution in [-0.4, -0.2) is 0 Å². The molecule has 0 atom stereocenters. The Morgan fingerprint density at radius 3 is 2.60 bits per heavy atom. The van der Waals surface area contributed by atoms with Crippen LogP contribution in [0.2, 0.25) is 0 Å². The highest BCUT2D eigenvalue weighted by Crippen LogP contribution is 1.98. The Labute approximate surface area is 61.5 Å². The minimum atomic E-state index is 0.935. The van der Waals surface area contributed by atoms with Crippen molar-refractivity contribution < 1.29 is 0 Å². The second-order valence-corrected chi connectivity index (χ2v) is 2.10. The van der Waals surface area contributed by atoms with Crippen molar-refractivity contribution in [1.82, 2.24) is 0 Å². The predicted octanol–water partition coefficient (Wildman–Crippen LogP) is 2.57. The van der Waals surface area contributed by atoms with Crippen LogP contribution in [-0.2, 0) is 6.42 Å². The second-order valence-electron chi connectivity index (χ2n) is 2.10. The fourth-order valence-corrected chi connectivity index (χ4v) is 0.804. The molecule has 1 aromatic carbocycles. The molecule has 0 heteroatoms. The summed E-state index contributed by atoms with van der Waals surface area (Å²) in [5.74, 6) is 0. The van der Waals surface area contributed by atoms with Gasteiger partial charge in [-0.15, -0.1) is 5.73 Å². The number of hydrogen-bond acceptors (Lipinski definition) is 0. The zero-order valence-electron chi connectivity index (χ0n) is 5.88. The van der Waals surface area contributed by atoms with E-state index in [0.29, 0.717) is 0 Å². The van der Waals surface area contributed by atoms with E-state index in [9.17, 15) is 0 Å². The van der Waals surface area contributed by atoms with Gasteiger partial charge in [-0.05, 0) is 18.1 Å². The maximum absolute atomic E-state index is 3.50. The van der Waals surface area contributed by atoms with Gasteiger partial charge in [0.15, 0.2) is 0 Å². The molecule has 0 aliphatic heterocycles. The molecule has 0 aliphatic carbocycles. The molecule has 10 heavy (non-hydrogen) atoms. The molecule has 0 unspecified atom stereocenters. The quantitative estimate of drug-likeness (QED) is 0.540. The van der Waals surface area contributed by atoms with Crippen LogP contribution in [0, 0.1) is 0 Å². The van der Waals surface area contributed by atoms with Gasteiger partial charge in [-0.3, -0.25) is 0 Å². The summed E-state index contributed by atoms with van der Waals surface area (Å²) in [4.78, 5) is 0. The first kappa shape index (κ1) is 6.85. The fourth-order valence-electron chi connectivity index (χ4n) is 0.804. The number of rotatable bonds is 2. The van der Waals surface area contributed by atoms with Gasteiger partial charge in [0, 0.05) is 0 Å². The van der Waals surface area contributed by atoms with Crippen LogP contribution >= 0.6 is 0 Å². The summed E-state index contributed by atoms with van der Waals surface area (Å²) in [6, 6.07) is 10.3. The number of allylic oxidation sites excluding steroid dienone is 1. The second kappa shape index (κ2) is 3.71. The van der Waals surface area contributed by atoms with Crippen LogP contribution in [0.15, 0.2) is 48.7 Å². The molecule has 0 aliphatic rings. The Bertz CT molecular complexity index is 227. The molecule has 0 N–H and O–H groups in total. The van der Waals surface area contributed by atoms with Crippen molar-refractivity contribution in [3.8, 4) is 0 Å². The van der Waals surface area contributed by atoms with Crippen LogP contribution in [0.5, 0.6) is 0 Å². The number of hydrogen-bond donors (Lipinski definition) is 0. The van der Waals surface area contributed by atoms with E-state index in [-0.39, 0.29) is 0 Å². The van der Waals surface area contributed by atoms with Crippen LogP contribution < -0.4 is 0 Å². The van der Waals surface area contributed by atoms with Gasteiger partial charge in [-0.1, -0.05) is 36.9 Å². The van der Waals surface area contributed by atoms with Gasteiger partial charge in [0.25, 0.3) is 0 Å². The van der Waals surface area contributed by atoms with Crippen LogP contribution in [0.4, 0.5) is 0 Å². The van der Waals surface area contributed by atoms with Gasteiger partial charge in [0.1, 0.15) is 0 Å². The molecule has 0 fully saturated rings. The van der Waals surface area contributed by atoms with Crippen molar-refractivity contribution in [2.45, 2.75) is 6.42 Å². The van der Waals surface area contributed by atoms with E-state index in [2.05, 4.69) is 24.4 Å². The molecule has 0 amide bonds. The molecule has 1 aromatic rings. The van der Waals surface area contributed by atoms with Gasteiger partial charge >= 0.3 is 0 Å². The molecular weight excluding hydrogens is 120 g/mol. The summed E-state index contributed by atoms with van der Waals surface area (Å²) in [5.41, 5.74) is 4.05. The average Bonchev–Trinajstić information content (AvgIpc) is 2.03. The lowest BCUT2D eigenvalue weighted by atomic mass is 10.1. The Morgan fingerprint density at radius 1 is 1.30 bits per heavy atom. The molecule has 0 saturated heterocycles. The lowest BCUT2D eigenvalue weighted by molar-refractivity contribution is 1.28. The lowest BCUT2D eigenvalue weighted by Crippen LogP contribution is -1.76. The minimum absolute atomic E-state index is 0.935. The maximum atomic E-state index is 3.50. The van der Waals surface area contributed by atoms with Crippen molar-refractivity contribution in [2.24, 2.45) is 0 Å². The summed E-state index contributed by atoms with van der Waals surface area (Å²) < 4.78 is 0. The van der Waals surface area contributed by atoms with Gasteiger partial charge in [0.2, 0.25) is 0 Å². The SMILES string of the molecule is C=C=CCc1ccccc1. The summed E-state index contributed by atoms with van der Waals surface area (Å²) in [6.45, 7) is 3.50. The van der Waals surface area contributed by atoms with Crippen molar-refractivity contribution in [3.63, 3.8) is 0 Å². The Morgan fingerprint density at radius 2 is 2.00 bits per heavy atom. The van der Waals surface area contributed by atoms with Gasteiger partial charge < -0.3 is 0 Å². The van der Waals surface area contributed by atoms with Gasteiger partial charge in [0.05, 0.1) is 0 Å². The average molecular weight is 130 g/mol. The number of benzene rings is 1.